The highest BCUT2D eigenvalue weighted by atomic mass is 16.5. The van der Waals surface area contributed by atoms with Crippen molar-refractivity contribution in [3.63, 3.8) is 0 Å². The van der Waals surface area contributed by atoms with Gasteiger partial charge in [-0.05, 0) is 62.6 Å². The van der Waals surface area contributed by atoms with Crippen molar-refractivity contribution in [2.75, 3.05) is 13.2 Å². The molecule has 142 valence electrons. The highest BCUT2D eigenvalue weighted by Gasteiger charge is 2.08. The van der Waals surface area contributed by atoms with Crippen LogP contribution in [0.15, 0.2) is 66.7 Å². The van der Waals surface area contributed by atoms with Crippen molar-refractivity contribution in [3.05, 3.63) is 72.3 Å². The molecule has 27 heavy (non-hydrogen) atoms. The first-order valence-electron chi connectivity index (χ1n) is 8.89. The third-order valence-electron chi connectivity index (χ3n) is 3.68. The van der Waals surface area contributed by atoms with Gasteiger partial charge in [0.15, 0.2) is 0 Å². The highest BCUT2D eigenvalue weighted by Crippen LogP contribution is 2.16. The fourth-order valence-electron chi connectivity index (χ4n) is 2.20. The Morgan fingerprint density at radius 2 is 1.52 bits per heavy atom. The van der Waals surface area contributed by atoms with Gasteiger partial charge in [0.05, 0.1) is 18.8 Å². The second kappa shape index (κ2) is 10.8. The number of rotatable bonds is 10. The summed E-state index contributed by atoms with van der Waals surface area (Å²) in [5.74, 6) is 0.450. The molecular formula is C22H24O5. The number of ether oxygens (including phenoxy) is 3. The lowest BCUT2D eigenvalue weighted by Gasteiger charge is -2.08. The van der Waals surface area contributed by atoms with E-state index >= 15 is 0 Å². The van der Waals surface area contributed by atoms with E-state index in [1.165, 1.54) is 0 Å². The number of carbonyl (C=O) groups is 2. The van der Waals surface area contributed by atoms with Crippen LogP contribution >= 0.6 is 0 Å². The molecule has 5 heteroatoms. The summed E-state index contributed by atoms with van der Waals surface area (Å²) in [6.07, 6.45) is 2.53. The Labute approximate surface area is 159 Å². The van der Waals surface area contributed by atoms with Gasteiger partial charge in [0.25, 0.3) is 0 Å². The Morgan fingerprint density at radius 1 is 0.852 bits per heavy atom. The topological polar surface area (TPSA) is 61.8 Å². The second-order valence-electron chi connectivity index (χ2n) is 6.05. The zero-order chi connectivity index (χ0) is 19.5. The molecule has 0 spiro atoms. The maximum Gasteiger partial charge on any atom is 0.343 e. The molecule has 0 unspecified atom stereocenters. The van der Waals surface area contributed by atoms with Gasteiger partial charge in [-0.2, -0.15) is 0 Å². The van der Waals surface area contributed by atoms with Gasteiger partial charge in [0, 0.05) is 5.57 Å². The van der Waals surface area contributed by atoms with Crippen molar-refractivity contribution in [1.82, 2.24) is 0 Å². The maximum atomic E-state index is 12.1. The van der Waals surface area contributed by atoms with Crippen molar-refractivity contribution < 1.29 is 23.8 Å². The average molecular weight is 368 g/mol. The molecule has 0 fully saturated rings. The fourth-order valence-corrected chi connectivity index (χ4v) is 2.20. The molecule has 0 aromatic heterocycles. The quantitative estimate of drug-likeness (QED) is 0.266. The predicted molar refractivity (Wildman–Crippen MR) is 103 cm³/mol. The zero-order valence-electron chi connectivity index (χ0n) is 15.5. The third-order valence-corrected chi connectivity index (χ3v) is 3.68. The van der Waals surface area contributed by atoms with Gasteiger partial charge in [0.2, 0.25) is 0 Å². The highest BCUT2D eigenvalue weighted by molar-refractivity contribution is 5.91. The predicted octanol–water partition coefficient (Wildman–Crippen LogP) is 4.57. The minimum absolute atomic E-state index is 0.350. The van der Waals surface area contributed by atoms with Crippen molar-refractivity contribution in [1.29, 1.82) is 0 Å². The summed E-state index contributed by atoms with van der Waals surface area (Å²) in [5.41, 5.74) is 0.875. The lowest BCUT2D eigenvalue weighted by Crippen LogP contribution is -2.08. The Hall–Kier alpha value is -3.08. The first-order chi connectivity index (χ1) is 13.1. The number of unbranched alkanes of at least 4 members (excludes halogenated alkanes) is 2. The van der Waals surface area contributed by atoms with Gasteiger partial charge in [-0.3, -0.25) is 0 Å². The molecule has 0 N–H and O–H groups in total. The molecule has 0 saturated carbocycles. The molecule has 0 saturated heterocycles. The van der Waals surface area contributed by atoms with Crippen LogP contribution in [-0.4, -0.2) is 25.2 Å². The smallest absolute Gasteiger partial charge is 0.343 e. The average Bonchev–Trinajstić information content (AvgIpc) is 2.68. The Kier molecular flexibility index (Phi) is 8.10. The molecule has 0 aliphatic heterocycles. The monoisotopic (exact) mass is 368 g/mol. The molecular weight excluding hydrogens is 344 g/mol. The van der Waals surface area contributed by atoms with Crippen LogP contribution in [0, 0.1) is 0 Å². The Bertz CT molecular complexity index is 750. The molecule has 0 radical (unpaired) electrons. The lowest BCUT2D eigenvalue weighted by atomic mass is 10.2. The summed E-state index contributed by atoms with van der Waals surface area (Å²) in [4.78, 5) is 23.3. The standard InChI is InChI=1S/C22H24O5/c1-17(2)21(23)26-16-8-4-7-15-25-19-13-11-18(12-14-19)22(24)27-20-9-5-3-6-10-20/h3,5-6,9-14H,1,4,7-8,15-16H2,2H3. The minimum atomic E-state index is -0.406. The lowest BCUT2D eigenvalue weighted by molar-refractivity contribution is -0.139. The molecule has 5 nitrogen and oxygen atoms in total. The molecule has 2 aromatic rings. The van der Waals surface area contributed by atoms with Crippen molar-refractivity contribution in [2.24, 2.45) is 0 Å². The van der Waals surface area contributed by atoms with Crippen molar-refractivity contribution >= 4 is 11.9 Å². The van der Waals surface area contributed by atoms with Crippen LogP contribution in [0.1, 0.15) is 36.5 Å². The molecule has 0 aliphatic rings. The van der Waals surface area contributed by atoms with E-state index in [4.69, 9.17) is 14.2 Å². The van der Waals surface area contributed by atoms with Gasteiger partial charge in [-0.15, -0.1) is 0 Å². The van der Waals surface area contributed by atoms with Gasteiger partial charge < -0.3 is 14.2 Å². The first kappa shape index (κ1) is 20.2. The molecule has 2 rings (SSSR count). The maximum absolute atomic E-state index is 12.1. The normalized spacial score (nSPS) is 10.1. The molecule has 0 bridgehead atoms. The number of hydrogen-bond acceptors (Lipinski definition) is 5. The van der Waals surface area contributed by atoms with Gasteiger partial charge >= 0.3 is 11.9 Å². The summed E-state index contributed by atoms with van der Waals surface area (Å²) in [6, 6.07) is 15.8. The van der Waals surface area contributed by atoms with Crippen LogP contribution in [-0.2, 0) is 9.53 Å². The SMILES string of the molecule is C=C(C)C(=O)OCCCCCOc1ccc(C(=O)Oc2ccccc2)cc1. The number of hydrogen-bond donors (Lipinski definition) is 0. The molecule has 0 amide bonds. The summed E-state index contributed by atoms with van der Waals surface area (Å²) < 4.78 is 16.0. The van der Waals surface area contributed by atoms with Crippen LogP contribution in [0.4, 0.5) is 0 Å². The van der Waals surface area contributed by atoms with E-state index in [0.29, 0.717) is 35.8 Å². The minimum Gasteiger partial charge on any atom is -0.494 e. The largest absolute Gasteiger partial charge is 0.494 e. The number of esters is 2. The molecule has 0 heterocycles. The summed E-state index contributed by atoms with van der Waals surface area (Å²) in [6.45, 7) is 6.11. The Balaban J connectivity index is 1.65. The van der Waals surface area contributed by atoms with E-state index in [9.17, 15) is 9.59 Å². The van der Waals surface area contributed by atoms with E-state index in [1.54, 1.807) is 43.3 Å². The summed E-state index contributed by atoms with van der Waals surface area (Å²) in [5, 5.41) is 0. The number of benzene rings is 2. The summed E-state index contributed by atoms with van der Waals surface area (Å²) in [7, 11) is 0. The van der Waals surface area contributed by atoms with Crippen LogP contribution < -0.4 is 9.47 Å². The van der Waals surface area contributed by atoms with E-state index < -0.39 is 5.97 Å². The number of para-hydroxylation sites is 1. The van der Waals surface area contributed by atoms with Crippen LogP contribution in [0.3, 0.4) is 0 Å². The van der Waals surface area contributed by atoms with Gasteiger partial charge in [-0.1, -0.05) is 24.8 Å². The van der Waals surface area contributed by atoms with Crippen LogP contribution in [0.25, 0.3) is 0 Å². The molecule has 0 aliphatic carbocycles. The van der Waals surface area contributed by atoms with E-state index in [2.05, 4.69) is 6.58 Å². The summed E-state index contributed by atoms with van der Waals surface area (Å²) >= 11 is 0. The van der Waals surface area contributed by atoms with Crippen LogP contribution in [0.2, 0.25) is 0 Å². The fraction of sp³-hybridized carbons (Fsp3) is 0.273. The van der Waals surface area contributed by atoms with Crippen molar-refractivity contribution in [2.45, 2.75) is 26.2 Å². The van der Waals surface area contributed by atoms with E-state index in [-0.39, 0.29) is 5.97 Å². The number of carbonyl (C=O) groups excluding carboxylic acids is 2. The zero-order valence-corrected chi connectivity index (χ0v) is 15.5. The third kappa shape index (κ3) is 7.36. The molecule has 0 atom stereocenters. The molecule has 2 aromatic carbocycles. The first-order valence-corrected chi connectivity index (χ1v) is 8.89. The Morgan fingerprint density at radius 3 is 2.19 bits per heavy atom. The second-order valence-corrected chi connectivity index (χ2v) is 6.05. The van der Waals surface area contributed by atoms with E-state index in [1.807, 2.05) is 18.2 Å². The van der Waals surface area contributed by atoms with Gasteiger partial charge in [0.1, 0.15) is 11.5 Å². The van der Waals surface area contributed by atoms with Crippen molar-refractivity contribution in [3.8, 4) is 11.5 Å². The van der Waals surface area contributed by atoms with Crippen LogP contribution in [0.5, 0.6) is 11.5 Å². The van der Waals surface area contributed by atoms with Gasteiger partial charge in [-0.25, -0.2) is 9.59 Å². The van der Waals surface area contributed by atoms with E-state index in [0.717, 1.165) is 19.3 Å².